The van der Waals surface area contributed by atoms with E-state index in [4.69, 9.17) is 0 Å². The van der Waals surface area contributed by atoms with Crippen LogP contribution in [-0.4, -0.2) is 9.55 Å². The van der Waals surface area contributed by atoms with Gasteiger partial charge < -0.3 is 4.57 Å². The monoisotopic (exact) mass is 110 g/mol. The van der Waals surface area contributed by atoms with Gasteiger partial charge in [-0.2, -0.15) is 0 Å². The molecule has 0 saturated carbocycles. The van der Waals surface area contributed by atoms with E-state index in [0.717, 1.165) is 0 Å². The van der Waals surface area contributed by atoms with Crippen LogP contribution in [0.15, 0.2) is 18.7 Å². The van der Waals surface area contributed by atoms with E-state index in [2.05, 4.69) is 23.4 Å². The fourth-order valence-electron chi connectivity index (χ4n) is 0.575. The molecule has 1 aromatic rings. The van der Waals surface area contributed by atoms with Gasteiger partial charge in [0.25, 0.3) is 0 Å². The van der Waals surface area contributed by atoms with Gasteiger partial charge in [-0.3, -0.25) is 0 Å². The Hall–Kier alpha value is -0.790. The molecule has 0 aliphatic heterocycles. The van der Waals surface area contributed by atoms with Crippen LogP contribution in [0.3, 0.4) is 0 Å². The van der Waals surface area contributed by atoms with Gasteiger partial charge in [-0.15, -0.1) is 0 Å². The topological polar surface area (TPSA) is 17.8 Å². The summed E-state index contributed by atoms with van der Waals surface area (Å²) in [7, 11) is 0. The number of hydrogen-bond donors (Lipinski definition) is 0. The molecule has 0 spiro atoms. The average Bonchev–Trinajstić information content (AvgIpc) is 2.12. The highest BCUT2D eigenvalue weighted by molar-refractivity contribution is 4.76. The second-order valence-corrected chi connectivity index (χ2v) is 2.10. The number of nitrogens with zero attached hydrogens (tertiary/aromatic N) is 2. The average molecular weight is 110 g/mol. The minimum absolute atomic E-state index is 0.539. The van der Waals surface area contributed by atoms with Crippen molar-refractivity contribution in [2.45, 2.75) is 19.9 Å². The molecule has 0 radical (unpaired) electrons. The highest BCUT2D eigenvalue weighted by Gasteiger charge is 1.90. The number of hydrogen-bond acceptors (Lipinski definition) is 1. The molecule has 0 amide bonds. The van der Waals surface area contributed by atoms with Crippen molar-refractivity contribution in [1.82, 2.24) is 9.55 Å². The van der Waals surface area contributed by atoms with Crippen LogP contribution < -0.4 is 0 Å². The molecule has 0 aromatic carbocycles. The Labute approximate surface area is 49.2 Å². The van der Waals surface area contributed by atoms with Gasteiger partial charge in [-0.05, 0) is 13.8 Å². The first-order valence-electron chi connectivity index (χ1n) is 2.78. The standard InChI is InChI=1S/C6H10N2/c1-6(2)8-4-3-7-5-8/h3-6H,1-2H3. The maximum absolute atomic E-state index is 3.91. The number of imidazole rings is 1. The minimum atomic E-state index is 0.539. The molecular formula is C6H10N2. The zero-order valence-electron chi connectivity index (χ0n) is 5.20. The highest BCUT2D eigenvalue weighted by Crippen LogP contribution is 1.99. The van der Waals surface area contributed by atoms with E-state index in [1.54, 1.807) is 6.20 Å². The maximum Gasteiger partial charge on any atom is 0.0948 e. The third-order valence-corrected chi connectivity index (χ3v) is 1.12. The smallest absolute Gasteiger partial charge is 0.0948 e. The van der Waals surface area contributed by atoms with Crippen LogP contribution in [0.4, 0.5) is 0 Å². The molecule has 0 aliphatic rings. The van der Waals surface area contributed by atoms with Gasteiger partial charge in [0, 0.05) is 18.4 Å². The number of aromatic nitrogens is 2. The first kappa shape index (κ1) is 5.35. The van der Waals surface area contributed by atoms with Gasteiger partial charge in [0.1, 0.15) is 0 Å². The second-order valence-electron chi connectivity index (χ2n) is 2.10. The largest absolute Gasteiger partial charge is 0.335 e. The van der Waals surface area contributed by atoms with E-state index in [1.165, 1.54) is 0 Å². The zero-order chi connectivity index (χ0) is 5.98. The predicted octanol–water partition coefficient (Wildman–Crippen LogP) is 1.46. The summed E-state index contributed by atoms with van der Waals surface area (Å²) in [5.41, 5.74) is 0. The van der Waals surface area contributed by atoms with Gasteiger partial charge in [-0.1, -0.05) is 0 Å². The first-order valence-corrected chi connectivity index (χ1v) is 2.78. The maximum atomic E-state index is 3.91. The molecule has 0 saturated heterocycles. The van der Waals surface area contributed by atoms with Crippen molar-refractivity contribution in [3.05, 3.63) is 18.7 Å². The lowest BCUT2D eigenvalue weighted by atomic mass is 10.4. The molecule has 1 rings (SSSR count). The lowest BCUT2D eigenvalue weighted by Gasteiger charge is -2.02. The molecule has 0 fully saturated rings. The van der Waals surface area contributed by atoms with Crippen molar-refractivity contribution in [2.24, 2.45) is 0 Å². The molecule has 2 heteroatoms. The fourth-order valence-corrected chi connectivity index (χ4v) is 0.575. The van der Waals surface area contributed by atoms with E-state index in [9.17, 15) is 0 Å². The summed E-state index contributed by atoms with van der Waals surface area (Å²) in [5, 5.41) is 0. The molecule has 0 atom stereocenters. The van der Waals surface area contributed by atoms with E-state index in [0.29, 0.717) is 6.04 Å². The van der Waals surface area contributed by atoms with Gasteiger partial charge in [-0.25, -0.2) is 4.98 Å². The van der Waals surface area contributed by atoms with E-state index < -0.39 is 0 Å². The third-order valence-electron chi connectivity index (χ3n) is 1.12. The van der Waals surface area contributed by atoms with Crippen molar-refractivity contribution < 1.29 is 0 Å². The Morgan fingerprint density at radius 3 is 2.50 bits per heavy atom. The van der Waals surface area contributed by atoms with Gasteiger partial charge >= 0.3 is 0 Å². The molecular weight excluding hydrogens is 100 g/mol. The Morgan fingerprint density at radius 1 is 1.50 bits per heavy atom. The molecule has 0 bridgehead atoms. The fraction of sp³-hybridized carbons (Fsp3) is 0.500. The van der Waals surface area contributed by atoms with Crippen molar-refractivity contribution in [2.75, 3.05) is 0 Å². The molecule has 8 heavy (non-hydrogen) atoms. The lowest BCUT2D eigenvalue weighted by molar-refractivity contribution is 0.600. The number of rotatable bonds is 1. The summed E-state index contributed by atoms with van der Waals surface area (Å²) in [5.74, 6) is 0. The van der Waals surface area contributed by atoms with E-state index >= 15 is 0 Å². The normalized spacial score (nSPS) is 10.4. The summed E-state index contributed by atoms with van der Waals surface area (Å²) in [6, 6.07) is 0.539. The molecule has 2 nitrogen and oxygen atoms in total. The van der Waals surface area contributed by atoms with Gasteiger partial charge in [0.2, 0.25) is 0 Å². The summed E-state index contributed by atoms with van der Waals surface area (Å²) in [6.45, 7) is 4.25. The molecule has 0 aliphatic carbocycles. The van der Waals surface area contributed by atoms with Gasteiger partial charge in [0.15, 0.2) is 0 Å². The molecule has 1 aromatic heterocycles. The van der Waals surface area contributed by atoms with Crippen LogP contribution in [0.5, 0.6) is 0 Å². The van der Waals surface area contributed by atoms with Crippen molar-refractivity contribution in [3.63, 3.8) is 0 Å². The van der Waals surface area contributed by atoms with Crippen LogP contribution in [0.1, 0.15) is 19.9 Å². The molecule has 0 N–H and O–H groups in total. The Kier molecular flexibility index (Phi) is 1.33. The van der Waals surface area contributed by atoms with Crippen molar-refractivity contribution in [3.8, 4) is 0 Å². The quantitative estimate of drug-likeness (QED) is 0.535. The van der Waals surface area contributed by atoms with Crippen LogP contribution in [-0.2, 0) is 0 Å². The first-order chi connectivity index (χ1) is 3.80. The zero-order valence-corrected chi connectivity index (χ0v) is 5.20. The Morgan fingerprint density at radius 2 is 2.25 bits per heavy atom. The van der Waals surface area contributed by atoms with E-state index in [1.807, 2.05) is 12.5 Å². The lowest BCUT2D eigenvalue weighted by Crippen LogP contribution is -1.95. The summed E-state index contributed by atoms with van der Waals surface area (Å²) in [6.07, 6.45) is 5.58. The molecule has 0 unspecified atom stereocenters. The Bertz CT molecular complexity index is 142. The van der Waals surface area contributed by atoms with Gasteiger partial charge in [0.05, 0.1) is 6.33 Å². The summed E-state index contributed by atoms with van der Waals surface area (Å²) in [4.78, 5) is 3.91. The van der Waals surface area contributed by atoms with Crippen LogP contribution >= 0.6 is 0 Å². The summed E-state index contributed by atoms with van der Waals surface area (Å²) < 4.78 is 2.06. The molecule has 44 valence electrons. The van der Waals surface area contributed by atoms with Crippen molar-refractivity contribution in [1.29, 1.82) is 0 Å². The minimum Gasteiger partial charge on any atom is -0.335 e. The SMILES string of the molecule is CC(C)n1ccnc1. The van der Waals surface area contributed by atoms with Crippen LogP contribution in [0.25, 0.3) is 0 Å². The van der Waals surface area contributed by atoms with Crippen LogP contribution in [0, 0.1) is 0 Å². The highest BCUT2D eigenvalue weighted by atomic mass is 15.0. The van der Waals surface area contributed by atoms with Crippen molar-refractivity contribution >= 4 is 0 Å². The third kappa shape index (κ3) is 0.886. The predicted molar refractivity (Wildman–Crippen MR) is 32.6 cm³/mol. The second kappa shape index (κ2) is 1.99. The molecule has 1 heterocycles. The van der Waals surface area contributed by atoms with E-state index in [-0.39, 0.29) is 0 Å². The summed E-state index contributed by atoms with van der Waals surface area (Å²) >= 11 is 0. The Balaban J connectivity index is 2.77. The van der Waals surface area contributed by atoms with Crippen LogP contribution in [0.2, 0.25) is 0 Å².